The lowest BCUT2D eigenvalue weighted by Gasteiger charge is -2.34. The molecule has 0 saturated carbocycles. The second-order valence-corrected chi connectivity index (χ2v) is 7.45. The SMILES string of the molecule is N#Cc1ccc(C[NH+]2CCN(C(=S)NCC[NH+]3CCOCC3)CC2)cc1. The molecular formula is C19H29N5OS+2. The van der Waals surface area contributed by atoms with Gasteiger partial charge in [0, 0.05) is 5.56 Å². The molecule has 2 heterocycles. The van der Waals surface area contributed by atoms with Crippen LogP contribution in [0.4, 0.5) is 0 Å². The van der Waals surface area contributed by atoms with Gasteiger partial charge in [0.2, 0.25) is 0 Å². The fourth-order valence-electron chi connectivity index (χ4n) is 3.56. The van der Waals surface area contributed by atoms with E-state index in [1.165, 1.54) is 5.56 Å². The van der Waals surface area contributed by atoms with Gasteiger partial charge in [-0.2, -0.15) is 5.26 Å². The van der Waals surface area contributed by atoms with E-state index in [0.717, 1.165) is 82.8 Å². The molecule has 1 aromatic carbocycles. The van der Waals surface area contributed by atoms with Crippen molar-refractivity contribution in [3.63, 3.8) is 0 Å². The fraction of sp³-hybridized carbons (Fsp3) is 0.579. The predicted molar refractivity (Wildman–Crippen MR) is 104 cm³/mol. The normalized spacial score (nSPS) is 19.1. The Kier molecular flexibility index (Phi) is 7.21. The molecule has 6 nitrogen and oxygen atoms in total. The molecule has 0 aliphatic carbocycles. The van der Waals surface area contributed by atoms with Gasteiger partial charge in [0.25, 0.3) is 0 Å². The number of hydrogen-bond acceptors (Lipinski definition) is 3. The number of nitrogens with zero attached hydrogens (tertiary/aromatic N) is 2. The quantitative estimate of drug-likeness (QED) is 0.523. The van der Waals surface area contributed by atoms with Gasteiger partial charge in [0.1, 0.15) is 19.6 Å². The summed E-state index contributed by atoms with van der Waals surface area (Å²) >= 11 is 5.58. The Labute approximate surface area is 161 Å². The van der Waals surface area contributed by atoms with Crippen molar-refractivity contribution in [3.05, 3.63) is 35.4 Å². The van der Waals surface area contributed by atoms with Crippen molar-refractivity contribution < 1.29 is 14.5 Å². The van der Waals surface area contributed by atoms with Crippen LogP contribution in [0.1, 0.15) is 11.1 Å². The molecule has 0 atom stereocenters. The van der Waals surface area contributed by atoms with E-state index in [2.05, 4.69) is 28.4 Å². The van der Waals surface area contributed by atoms with Gasteiger partial charge in [-0.1, -0.05) is 12.1 Å². The fourth-order valence-corrected chi connectivity index (χ4v) is 3.84. The summed E-state index contributed by atoms with van der Waals surface area (Å²) in [5.74, 6) is 0. The van der Waals surface area contributed by atoms with Crippen LogP contribution in [0.15, 0.2) is 24.3 Å². The summed E-state index contributed by atoms with van der Waals surface area (Å²) in [5, 5.41) is 13.2. The minimum atomic E-state index is 0.726. The summed E-state index contributed by atoms with van der Waals surface area (Å²) in [7, 11) is 0. The summed E-state index contributed by atoms with van der Waals surface area (Å²) in [6.45, 7) is 11.2. The maximum atomic E-state index is 8.88. The Morgan fingerprint density at radius 1 is 1.12 bits per heavy atom. The molecule has 2 fully saturated rings. The summed E-state index contributed by atoms with van der Waals surface area (Å²) in [5.41, 5.74) is 2.02. The molecule has 3 rings (SSSR count). The zero-order valence-corrected chi connectivity index (χ0v) is 16.1. The van der Waals surface area contributed by atoms with Gasteiger partial charge in [0.15, 0.2) is 5.11 Å². The maximum Gasteiger partial charge on any atom is 0.169 e. The number of nitriles is 1. The van der Waals surface area contributed by atoms with Crippen LogP contribution in [0.2, 0.25) is 0 Å². The average Bonchev–Trinajstić information content (AvgIpc) is 2.70. The lowest BCUT2D eigenvalue weighted by molar-refractivity contribution is -0.917. The molecule has 1 aromatic rings. The topological polar surface area (TPSA) is 57.2 Å². The Bertz CT molecular complexity index is 616. The van der Waals surface area contributed by atoms with E-state index in [1.54, 1.807) is 9.80 Å². The molecule has 0 aromatic heterocycles. The third-order valence-corrected chi connectivity index (χ3v) is 5.65. The van der Waals surface area contributed by atoms with Crippen molar-refractivity contribution in [1.82, 2.24) is 10.2 Å². The van der Waals surface area contributed by atoms with Crippen LogP contribution in [0.3, 0.4) is 0 Å². The number of benzene rings is 1. The lowest BCUT2D eigenvalue weighted by atomic mass is 10.1. The molecule has 2 aliphatic heterocycles. The molecule has 3 N–H and O–H groups in total. The number of hydrogen-bond donors (Lipinski definition) is 3. The molecule has 140 valence electrons. The van der Waals surface area contributed by atoms with Gasteiger partial charge in [-0.15, -0.1) is 0 Å². The van der Waals surface area contributed by atoms with Gasteiger partial charge < -0.3 is 24.8 Å². The van der Waals surface area contributed by atoms with Crippen LogP contribution in [0, 0.1) is 11.3 Å². The molecule has 7 heteroatoms. The Balaban J connectivity index is 1.34. The summed E-state index contributed by atoms with van der Waals surface area (Å²) < 4.78 is 5.39. The highest BCUT2D eigenvalue weighted by molar-refractivity contribution is 7.80. The van der Waals surface area contributed by atoms with Crippen molar-refractivity contribution >= 4 is 17.3 Å². The van der Waals surface area contributed by atoms with E-state index < -0.39 is 0 Å². The van der Waals surface area contributed by atoms with Crippen molar-refractivity contribution in [2.45, 2.75) is 6.54 Å². The molecule has 0 spiro atoms. The molecule has 0 bridgehead atoms. The minimum absolute atomic E-state index is 0.726. The zero-order valence-electron chi connectivity index (χ0n) is 15.3. The predicted octanol–water partition coefficient (Wildman–Crippen LogP) is -1.95. The van der Waals surface area contributed by atoms with Crippen LogP contribution in [-0.2, 0) is 11.3 Å². The second-order valence-electron chi connectivity index (χ2n) is 7.07. The number of morpholine rings is 1. The molecule has 2 saturated heterocycles. The van der Waals surface area contributed by atoms with Crippen LogP contribution < -0.4 is 15.1 Å². The van der Waals surface area contributed by atoms with Gasteiger partial charge in [0.05, 0.1) is 64.1 Å². The second kappa shape index (κ2) is 9.83. The van der Waals surface area contributed by atoms with Gasteiger partial charge in [-0.3, -0.25) is 0 Å². The van der Waals surface area contributed by atoms with E-state index in [0.29, 0.717) is 0 Å². The lowest BCUT2D eigenvalue weighted by Crippen LogP contribution is -3.14. The van der Waals surface area contributed by atoms with E-state index in [1.807, 2.05) is 12.1 Å². The summed E-state index contributed by atoms with van der Waals surface area (Å²) in [6, 6.07) is 10.1. The summed E-state index contributed by atoms with van der Waals surface area (Å²) in [4.78, 5) is 5.47. The smallest absolute Gasteiger partial charge is 0.169 e. The molecule has 0 amide bonds. The number of ether oxygens (including phenoxy) is 1. The van der Waals surface area contributed by atoms with E-state index in [4.69, 9.17) is 22.2 Å². The highest BCUT2D eigenvalue weighted by Gasteiger charge is 2.22. The minimum Gasteiger partial charge on any atom is -0.370 e. The first-order valence-corrected chi connectivity index (χ1v) is 9.92. The highest BCUT2D eigenvalue weighted by Crippen LogP contribution is 2.02. The first-order valence-electron chi connectivity index (χ1n) is 9.51. The van der Waals surface area contributed by atoms with E-state index >= 15 is 0 Å². The number of thiocarbonyl (C=S) groups is 1. The number of rotatable bonds is 5. The monoisotopic (exact) mass is 375 g/mol. The van der Waals surface area contributed by atoms with E-state index in [9.17, 15) is 0 Å². The standard InChI is InChI=1S/C19H27N5OS/c20-15-17-1-3-18(4-2-17)16-23-7-9-24(10-8-23)19(26)21-5-6-22-11-13-25-14-12-22/h1-4H,5-14,16H2,(H,21,26)/p+2. The number of nitrogens with one attached hydrogen (secondary N) is 3. The van der Waals surface area contributed by atoms with Crippen molar-refractivity contribution in [2.75, 3.05) is 65.6 Å². The van der Waals surface area contributed by atoms with Crippen molar-refractivity contribution in [2.24, 2.45) is 0 Å². The zero-order chi connectivity index (χ0) is 18.2. The van der Waals surface area contributed by atoms with Gasteiger partial charge in [-0.05, 0) is 24.4 Å². The van der Waals surface area contributed by atoms with Gasteiger partial charge >= 0.3 is 0 Å². The Hall–Kier alpha value is -1.72. The van der Waals surface area contributed by atoms with Crippen molar-refractivity contribution in [1.29, 1.82) is 5.26 Å². The van der Waals surface area contributed by atoms with E-state index in [-0.39, 0.29) is 0 Å². The third-order valence-electron chi connectivity index (χ3n) is 5.25. The van der Waals surface area contributed by atoms with Crippen LogP contribution in [-0.4, -0.2) is 75.6 Å². The third kappa shape index (κ3) is 5.64. The Morgan fingerprint density at radius 2 is 1.81 bits per heavy atom. The number of piperazine rings is 1. The molecule has 0 unspecified atom stereocenters. The maximum absolute atomic E-state index is 8.88. The molecule has 26 heavy (non-hydrogen) atoms. The summed E-state index contributed by atoms with van der Waals surface area (Å²) in [6.07, 6.45) is 0. The highest BCUT2D eigenvalue weighted by atomic mass is 32.1. The largest absolute Gasteiger partial charge is 0.370 e. The Morgan fingerprint density at radius 3 is 2.46 bits per heavy atom. The molecule has 2 aliphatic rings. The van der Waals surface area contributed by atoms with Crippen molar-refractivity contribution in [3.8, 4) is 6.07 Å². The first kappa shape index (κ1) is 19.1. The van der Waals surface area contributed by atoms with Crippen LogP contribution in [0.25, 0.3) is 0 Å². The average molecular weight is 376 g/mol. The van der Waals surface area contributed by atoms with Gasteiger partial charge in [-0.25, -0.2) is 0 Å². The molecular weight excluding hydrogens is 346 g/mol. The first-order chi connectivity index (χ1) is 12.7. The molecule has 0 radical (unpaired) electrons. The van der Waals surface area contributed by atoms with Crippen LogP contribution >= 0.6 is 12.2 Å². The van der Waals surface area contributed by atoms with Crippen LogP contribution in [0.5, 0.6) is 0 Å². The number of quaternary nitrogens is 2.